The molecule has 0 aliphatic carbocycles. The van der Waals surface area contributed by atoms with Crippen molar-refractivity contribution in [1.29, 1.82) is 0 Å². The Balaban J connectivity index is 2.56. The van der Waals surface area contributed by atoms with Crippen LogP contribution in [0, 0.1) is 6.92 Å². The van der Waals surface area contributed by atoms with Gasteiger partial charge in [0.15, 0.2) is 11.5 Å². The molecule has 0 fully saturated rings. The van der Waals surface area contributed by atoms with Crippen molar-refractivity contribution in [3.05, 3.63) is 34.0 Å². The number of benzene rings is 2. The first-order valence-corrected chi connectivity index (χ1v) is 6.52. The summed E-state index contributed by atoms with van der Waals surface area (Å²) >= 11 is 0. The molecule has 6 nitrogen and oxygen atoms in total. The predicted molar refractivity (Wildman–Crippen MR) is 81.2 cm³/mol. The van der Waals surface area contributed by atoms with Gasteiger partial charge in [-0.2, -0.15) is 0 Å². The first-order chi connectivity index (χ1) is 10.5. The minimum absolute atomic E-state index is 0.0320. The maximum atomic E-state index is 12.7. The average Bonchev–Trinajstić information content (AvgIpc) is 2.46. The maximum absolute atomic E-state index is 12.7. The van der Waals surface area contributed by atoms with Crippen molar-refractivity contribution in [1.82, 2.24) is 0 Å². The SMILES string of the molecule is COc1cc(C)c2c(=O)c3c(O)c(OC)c(O)cc3oc2c1. The van der Waals surface area contributed by atoms with Gasteiger partial charge in [-0.15, -0.1) is 0 Å². The van der Waals surface area contributed by atoms with E-state index < -0.39 is 11.2 Å². The maximum Gasteiger partial charge on any atom is 0.204 e. The first-order valence-electron chi connectivity index (χ1n) is 6.52. The van der Waals surface area contributed by atoms with Gasteiger partial charge in [-0.3, -0.25) is 4.79 Å². The molecule has 0 bridgehead atoms. The predicted octanol–water partition coefficient (Wildman–Crippen LogP) is 2.68. The Kier molecular flexibility index (Phi) is 3.09. The fourth-order valence-corrected chi connectivity index (χ4v) is 2.57. The van der Waals surface area contributed by atoms with Crippen molar-refractivity contribution in [3.63, 3.8) is 0 Å². The molecule has 6 heteroatoms. The fraction of sp³-hybridized carbons (Fsp3) is 0.188. The molecule has 3 rings (SSSR count). The van der Waals surface area contributed by atoms with Gasteiger partial charge in [0.1, 0.15) is 22.3 Å². The quantitative estimate of drug-likeness (QED) is 0.707. The van der Waals surface area contributed by atoms with Gasteiger partial charge in [-0.25, -0.2) is 0 Å². The van der Waals surface area contributed by atoms with E-state index in [9.17, 15) is 15.0 Å². The highest BCUT2D eigenvalue weighted by molar-refractivity contribution is 5.97. The molecule has 3 aromatic rings. The van der Waals surface area contributed by atoms with E-state index in [0.717, 1.165) is 0 Å². The number of rotatable bonds is 2. The molecule has 22 heavy (non-hydrogen) atoms. The Morgan fingerprint density at radius 1 is 1.00 bits per heavy atom. The Morgan fingerprint density at radius 2 is 1.68 bits per heavy atom. The molecule has 0 saturated heterocycles. The number of aryl methyl sites for hydroxylation is 1. The summed E-state index contributed by atoms with van der Waals surface area (Å²) in [6, 6.07) is 4.53. The van der Waals surface area contributed by atoms with Crippen molar-refractivity contribution >= 4 is 21.9 Å². The number of methoxy groups -OCH3 is 2. The number of hydrogen-bond donors (Lipinski definition) is 2. The highest BCUT2D eigenvalue weighted by Gasteiger charge is 2.20. The van der Waals surface area contributed by atoms with Crippen LogP contribution in [-0.2, 0) is 0 Å². The van der Waals surface area contributed by atoms with Gasteiger partial charge in [0, 0.05) is 12.1 Å². The highest BCUT2D eigenvalue weighted by Crippen LogP contribution is 2.41. The van der Waals surface area contributed by atoms with Crippen molar-refractivity contribution < 1.29 is 24.1 Å². The smallest absolute Gasteiger partial charge is 0.204 e. The van der Waals surface area contributed by atoms with Gasteiger partial charge >= 0.3 is 0 Å². The van der Waals surface area contributed by atoms with E-state index in [1.54, 1.807) is 19.1 Å². The van der Waals surface area contributed by atoms with Crippen molar-refractivity contribution in [3.8, 4) is 23.0 Å². The lowest BCUT2D eigenvalue weighted by molar-refractivity contribution is 0.346. The van der Waals surface area contributed by atoms with Crippen LogP contribution in [0.15, 0.2) is 27.4 Å². The third kappa shape index (κ3) is 1.84. The lowest BCUT2D eigenvalue weighted by Gasteiger charge is -2.10. The van der Waals surface area contributed by atoms with Crippen molar-refractivity contribution in [2.75, 3.05) is 14.2 Å². The molecule has 0 amide bonds. The van der Waals surface area contributed by atoms with E-state index in [1.807, 2.05) is 0 Å². The van der Waals surface area contributed by atoms with E-state index in [2.05, 4.69) is 0 Å². The van der Waals surface area contributed by atoms with Crippen LogP contribution in [0.4, 0.5) is 0 Å². The molecule has 0 unspecified atom stereocenters. The van der Waals surface area contributed by atoms with Crippen molar-refractivity contribution in [2.45, 2.75) is 6.92 Å². The molecule has 0 aliphatic rings. The number of phenolic OH excluding ortho intramolecular Hbond substituents is 2. The van der Waals surface area contributed by atoms with Crippen LogP contribution >= 0.6 is 0 Å². The van der Waals surface area contributed by atoms with Gasteiger partial charge < -0.3 is 24.1 Å². The van der Waals surface area contributed by atoms with Gasteiger partial charge in [-0.1, -0.05) is 0 Å². The van der Waals surface area contributed by atoms with Crippen LogP contribution in [0.5, 0.6) is 23.0 Å². The number of phenols is 2. The first kappa shape index (κ1) is 14.1. The molecule has 0 atom stereocenters. The van der Waals surface area contributed by atoms with E-state index in [1.165, 1.54) is 20.3 Å². The van der Waals surface area contributed by atoms with Gasteiger partial charge in [0.05, 0.1) is 19.6 Å². The molecule has 0 radical (unpaired) electrons. The van der Waals surface area contributed by atoms with Gasteiger partial charge in [-0.05, 0) is 18.6 Å². The molecule has 114 valence electrons. The molecule has 1 heterocycles. The molecule has 2 aromatic carbocycles. The van der Waals surface area contributed by atoms with Crippen LogP contribution in [0.3, 0.4) is 0 Å². The Bertz CT molecular complexity index is 955. The Morgan fingerprint density at radius 3 is 2.32 bits per heavy atom. The molecule has 0 saturated carbocycles. The number of ether oxygens (including phenoxy) is 2. The minimum Gasteiger partial charge on any atom is -0.504 e. The lowest BCUT2D eigenvalue weighted by Crippen LogP contribution is -2.05. The zero-order valence-electron chi connectivity index (χ0n) is 12.3. The molecule has 2 N–H and O–H groups in total. The van der Waals surface area contributed by atoms with Crippen LogP contribution in [0.1, 0.15) is 5.56 Å². The van der Waals surface area contributed by atoms with E-state index >= 15 is 0 Å². The molecule has 0 aliphatic heterocycles. The third-order valence-electron chi connectivity index (χ3n) is 3.59. The second-order valence-electron chi connectivity index (χ2n) is 4.90. The van der Waals surface area contributed by atoms with E-state index in [4.69, 9.17) is 13.9 Å². The summed E-state index contributed by atoms with van der Waals surface area (Å²) in [5, 5.41) is 20.3. The zero-order valence-corrected chi connectivity index (χ0v) is 12.3. The molecule has 0 spiro atoms. The number of hydrogen-bond acceptors (Lipinski definition) is 6. The van der Waals surface area contributed by atoms with E-state index in [0.29, 0.717) is 22.3 Å². The summed E-state index contributed by atoms with van der Waals surface area (Å²) in [5.74, 6) is -0.363. The van der Waals surface area contributed by atoms with Gasteiger partial charge in [0.2, 0.25) is 11.2 Å². The molecule has 1 aromatic heterocycles. The normalized spacial score (nSPS) is 11.0. The number of aromatic hydroxyl groups is 2. The monoisotopic (exact) mass is 302 g/mol. The highest BCUT2D eigenvalue weighted by atomic mass is 16.5. The summed E-state index contributed by atoms with van der Waals surface area (Å²) in [4.78, 5) is 12.7. The van der Waals surface area contributed by atoms with Crippen LogP contribution in [0.2, 0.25) is 0 Å². The summed E-state index contributed by atoms with van der Waals surface area (Å²) in [6.07, 6.45) is 0. The summed E-state index contributed by atoms with van der Waals surface area (Å²) in [7, 11) is 2.81. The summed E-state index contributed by atoms with van der Waals surface area (Å²) < 4.78 is 15.7. The van der Waals surface area contributed by atoms with Crippen LogP contribution in [-0.4, -0.2) is 24.4 Å². The second kappa shape index (κ2) is 4.84. The zero-order chi connectivity index (χ0) is 16.0. The minimum atomic E-state index is -0.441. The summed E-state index contributed by atoms with van der Waals surface area (Å²) in [6.45, 7) is 1.75. The largest absolute Gasteiger partial charge is 0.504 e. The number of fused-ring (bicyclic) bond motifs is 2. The van der Waals surface area contributed by atoms with Crippen LogP contribution in [0.25, 0.3) is 21.9 Å². The average molecular weight is 302 g/mol. The molecular weight excluding hydrogens is 288 g/mol. The lowest BCUT2D eigenvalue weighted by atomic mass is 10.1. The van der Waals surface area contributed by atoms with Crippen LogP contribution < -0.4 is 14.9 Å². The Labute approximate surface area is 125 Å². The van der Waals surface area contributed by atoms with Gasteiger partial charge in [0.25, 0.3) is 0 Å². The Hall–Kier alpha value is -2.89. The summed E-state index contributed by atoms with van der Waals surface area (Å²) in [5.41, 5.74) is 0.655. The van der Waals surface area contributed by atoms with Crippen molar-refractivity contribution in [2.24, 2.45) is 0 Å². The standard InChI is InChI=1S/C16H14O6/c1-7-4-8(20-2)5-10-12(7)14(18)13-11(22-10)6-9(17)16(21-3)15(13)19/h4-6,17,19H,1-3H3. The fourth-order valence-electron chi connectivity index (χ4n) is 2.57. The topological polar surface area (TPSA) is 89.1 Å². The van der Waals surface area contributed by atoms with E-state index in [-0.39, 0.29) is 22.5 Å². The second-order valence-corrected chi connectivity index (χ2v) is 4.90. The third-order valence-corrected chi connectivity index (χ3v) is 3.59. The molecular formula is C16H14O6.